The Morgan fingerprint density at radius 2 is 1.71 bits per heavy atom. The fraction of sp³-hybridized carbons (Fsp3) is 0.458. The Labute approximate surface area is 204 Å². The van der Waals surface area contributed by atoms with Crippen molar-refractivity contribution in [1.82, 2.24) is 14.2 Å². The van der Waals surface area contributed by atoms with Crippen LogP contribution in [0.25, 0.3) is 0 Å². The highest BCUT2D eigenvalue weighted by atomic mass is 32.2. The highest BCUT2D eigenvalue weighted by Gasteiger charge is 2.35. The number of pyridine rings is 1. The summed E-state index contributed by atoms with van der Waals surface area (Å²) in [6, 6.07) is 10.3. The number of sulfonamides is 1. The minimum Gasteiger partial charge on any atom is -0.486 e. The van der Waals surface area contributed by atoms with Crippen molar-refractivity contribution < 1.29 is 22.7 Å². The lowest BCUT2D eigenvalue weighted by molar-refractivity contribution is -0.137. The van der Waals surface area contributed by atoms with Crippen molar-refractivity contribution in [2.75, 3.05) is 57.4 Å². The predicted octanol–water partition coefficient (Wildman–Crippen LogP) is 1.47. The molecule has 5 rings (SSSR count). The summed E-state index contributed by atoms with van der Waals surface area (Å²) in [4.78, 5) is 21.5. The van der Waals surface area contributed by atoms with Crippen LogP contribution in [0.3, 0.4) is 0 Å². The molecule has 11 heteroatoms. The molecule has 35 heavy (non-hydrogen) atoms. The summed E-state index contributed by atoms with van der Waals surface area (Å²) < 4.78 is 38.8. The number of carbonyl (C=O) groups excluding carboxylic acids is 1. The third kappa shape index (κ3) is 4.63. The number of anilines is 1. The zero-order valence-corrected chi connectivity index (χ0v) is 20.1. The molecular formula is C24H27N5O5S. The molecule has 2 aromatic rings. The third-order valence-corrected chi connectivity index (χ3v) is 8.65. The van der Waals surface area contributed by atoms with Crippen molar-refractivity contribution in [2.24, 2.45) is 5.92 Å². The monoisotopic (exact) mass is 497 g/mol. The fourth-order valence-electron chi connectivity index (χ4n) is 4.81. The van der Waals surface area contributed by atoms with E-state index in [1.165, 1.54) is 10.4 Å². The SMILES string of the molecule is N#Cc1cccnc1N1CCN(C(=O)C2CCN(S(=O)(=O)c3ccc4c(c3)OCCO4)CC2)CC1. The van der Waals surface area contributed by atoms with Gasteiger partial charge in [0.05, 0.1) is 10.5 Å². The van der Waals surface area contributed by atoms with Crippen molar-refractivity contribution in [3.8, 4) is 17.6 Å². The summed E-state index contributed by atoms with van der Waals surface area (Å²) in [6.45, 7) is 3.74. The summed E-state index contributed by atoms with van der Waals surface area (Å²) in [5.74, 6) is 1.51. The van der Waals surface area contributed by atoms with Gasteiger partial charge in [0.2, 0.25) is 15.9 Å². The smallest absolute Gasteiger partial charge is 0.243 e. The van der Waals surface area contributed by atoms with Crippen LogP contribution in [0.1, 0.15) is 18.4 Å². The molecule has 0 spiro atoms. The number of piperazine rings is 1. The van der Waals surface area contributed by atoms with Gasteiger partial charge in [0.1, 0.15) is 25.1 Å². The predicted molar refractivity (Wildman–Crippen MR) is 127 cm³/mol. The molecule has 1 amide bonds. The van der Waals surface area contributed by atoms with E-state index in [1.54, 1.807) is 30.5 Å². The number of hydrogen-bond donors (Lipinski definition) is 0. The molecule has 1 aromatic heterocycles. The third-order valence-electron chi connectivity index (χ3n) is 6.75. The number of nitrogens with zero attached hydrogens (tertiary/aromatic N) is 5. The van der Waals surface area contributed by atoms with Gasteiger partial charge in [0.15, 0.2) is 11.5 Å². The van der Waals surface area contributed by atoms with E-state index in [0.717, 1.165) is 0 Å². The Morgan fingerprint density at radius 3 is 2.43 bits per heavy atom. The molecule has 2 fully saturated rings. The van der Waals surface area contributed by atoms with E-state index >= 15 is 0 Å². The van der Waals surface area contributed by atoms with Crippen LogP contribution in [0.4, 0.5) is 5.82 Å². The normalized spacial score (nSPS) is 19.3. The van der Waals surface area contributed by atoms with Gasteiger partial charge in [-0.3, -0.25) is 4.79 Å². The van der Waals surface area contributed by atoms with E-state index in [4.69, 9.17) is 9.47 Å². The van der Waals surface area contributed by atoms with Gasteiger partial charge in [-0.2, -0.15) is 9.57 Å². The topological polar surface area (TPSA) is 116 Å². The van der Waals surface area contributed by atoms with Crippen LogP contribution in [-0.2, 0) is 14.8 Å². The Balaban J connectivity index is 1.17. The number of ether oxygens (including phenoxy) is 2. The van der Waals surface area contributed by atoms with Gasteiger partial charge < -0.3 is 19.3 Å². The van der Waals surface area contributed by atoms with Crippen LogP contribution in [0.5, 0.6) is 11.5 Å². The van der Waals surface area contributed by atoms with Gasteiger partial charge in [0, 0.05) is 57.4 Å². The second-order valence-corrected chi connectivity index (χ2v) is 10.7. The fourth-order valence-corrected chi connectivity index (χ4v) is 6.30. The molecule has 3 aliphatic heterocycles. The lowest BCUT2D eigenvalue weighted by Gasteiger charge is -2.38. The molecule has 0 saturated carbocycles. The van der Waals surface area contributed by atoms with E-state index in [0.29, 0.717) is 88.2 Å². The molecule has 184 valence electrons. The van der Waals surface area contributed by atoms with E-state index in [2.05, 4.69) is 11.1 Å². The van der Waals surface area contributed by atoms with E-state index in [9.17, 15) is 18.5 Å². The second kappa shape index (κ2) is 9.71. The second-order valence-electron chi connectivity index (χ2n) is 8.78. The molecule has 0 N–H and O–H groups in total. The van der Waals surface area contributed by atoms with Gasteiger partial charge >= 0.3 is 0 Å². The van der Waals surface area contributed by atoms with Crippen molar-refractivity contribution in [3.05, 3.63) is 42.1 Å². The van der Waals surface area contributed by atoms with Crippen LogP contribution in [0.2, 0.25) is 0 Å². The number of aromatic nitrogens is 1. The number of hydrogen-bond acceptors (Lipinski definition) is 8. The zero-order chi connectivity index (χ0) is 24.4. The molecule has 4 heterocycles. The van der Waals surface area contributed by atoms with Crippen LogP contribution >= 0.6 is 0 Å². The maximum absolute atomic E-state index is 13.2. The molecule has 0 unspecified atom stereocenters. The standard InChI is InChI=1S/C24H27N5O5S/c25-17-19-2-1-7-26-23(19)27-10-12-28(13-11-27)24(30)18-5-8-29(9-6-18)35(31,32)20-3-4-21-22(16-20)34-15-14-33-21/h1-4,7,16,18H,5-6,8-15H2. The average Bonchev–Trinajstić information content (AvgIpc) is 2.92. The Kier molecular flexibility index (Phi) is 6.49. The molecular weight excluding hydrogens is 470 g/mol. The number of benzene rings is 1. The van der Waals surface area contributed by atoms with Crippen molar-refractivity contribution in [1.29, 1.82) is 5.26 Å². The summed E-state index contributed by atoms with van der Waals surface area (Å²) in [7, 11) is -3.68. The van der Waals surface area contributed by atoms with Crippen molar-refractivity contribution in [2.45, 2.75) is 17.7 Å². The lowest BCUT2D eigenvalue weighted by atomic mass is 9.96. The number of fused-ring (bicyclic) bond motifs is 1. The van der Waals surface area contributed by atoms with Crippen LogP contribution in [0.15, 0.2) is 41.4 Å². The first-order valence-corrected chi connectivity index (χ1v) is 13.2. The van der Waals surface area contributed by atoms with Crippen molar-refractivity contribution in [3.63, 3.8) is 0 Å². The molecule has 0 aliphatic carbocycles. The molecule has 1 aromatic carbocycles. The Bertz CT molecular complexity index is 1250. The quantitative estimate of drug-likeness (QED) is 0.624. The van der Waals surface area contributed by atoms with Gasteiger partial charge in [0.25, 0.3) is 0 Å². The first-order chi connectivity index (χ1) is 17.0. The van der Waals surface area contributed by atoms with E-state index in [-0.39, 0.29) is 16.7 Å². The largest absolute Gasteiger partial charge is 0.486 e. The van der Waals surface area contributed by atoms with E-state index in [1.807, 2.05) is 9.80 Å². The summed E-state index contributed by atoms with van der Waals surface area (Å²) >= 11 is 0. The number of piperidine rings is 1. The Morgan fingerprint density at radius 1 is 1.00 bits per heavy atom. The summed E-state index contributed by atoms with van der Waals surface area (Å²) in [6.07, 6.45) is 2.64. The van der Waals surface area contributed by atoms with Crippen LogP contribution < -0.4 is 14.4 Å². The van der Waals surface area contributed by atoms with Crippen molar-refractivity contribution >= 4 is 21.7 Å². The highest BCUT2D eigenvalue weighted by Crippen LogP contribution is 2.34. The lowest BCUT2D eigenvalue weighted by Crippen LogP contribution is -2.52. The number of amides is 1. The van der Waals surface area contributed by atoms with E-state index < -0.39 is 10.0 Å². The van der Waals surface area contributed by atoms with Crippen LogP contribution in [0, 0.1) is 17.2 Å². The van der Waals surface area contributed by atoms with Gasteiger partial charge in [-0.25, -0.2) is 13.4 Å². The van der Waals surface area contributed by atoms with Crippen LogP contribution in [-0.4, -0.2) is 81.0 Å². The molecule has 0 radical (unpaired) electrons. The molecule has 0 atom stereocenters. The molecule has 0 bridgehead atoms. The summed E-state index contributed by atoms with van der Waals surface area (Å²) in [5.41, 5.74) is 0.527. The molecule has 2 saturated heterocycles. The minimum absolute atomic E-state index is 0.0718. The molecule has 10 nitrogen and oxygen atoms in total. The first-order valence-electron chi connectivity index (χ1n) is 11.8. The average molecular weight is 498 g/mol. The maximum Gasteiger partial charge on any atom is 0.243 e. The highest BCUT2D eigenvalue weighted by molar-refractivity contribution is 7.89. The number of rotatable bonds is 4. The zero-order valence-electron chi connectivity index (χ0n) is 19.3. The number of carbonyl (C=O) groups is 1. The Hall–Kier alpha value is -3.36. The first kappa shape index (κ1) is 23.4. The van der Waals surface area contributed by atoms with Gasteiger partial charge in [-0.05, 0) is 37.1 Å². The van der Waals surface area contributed by atoms with Gasteiger partial charge in [-0.1, -0.05) is 0 Å². The summed E-state index contributed by atoms with van der Waals surface area (Å²) in [5, 5.41) is 9.32. The number of nitriles is 1. The maximum atomic E-state index is 13.2. The molecule has 3 aliphatic rings. The van der Waals surface area contributed by atoms with Gasteiger partial charge in [-0.15, -0.1) is 0 Å². The minimum atomic E-state index is -3.68.